The second-order valence-electron chi connectivity index (χ2n) is 3.57. The molecule has 0 saturated heterocycles. The van der Waals surface area contributed by atoms with Crippen LogP contribution in [0.2, 0.25) is 0 Å². The summed E-state index contributed by atoms with van der Waals surface area (Å²) in [5.41, 5.74) is 8.10. The number of aromatic hydroxyl groups is 1. The molecule has 10 nitrogen and oxygen atoms in total. The molecule has 6 N–H and O–H groups in total. The highest BCUT2D eigenvalue weighted by molar-refractivity contribution is 6.45. The van der Waals surface area contributed by atoms with Crippen LogP contribution in [0.4, 0.5) is 5.69 Å². The van der Waals surface area contributed by atoms with Crippen molar-refractivity contribution >= 4 is 17.2 Å². The number of phenolic OH excluding ortho intramolecular Hbond substituents is 1. The lowest BCUT2D eigenvalue weighted by Gasteiger charge is -2.05. The van der Waals surface area contributed by atoms with Crippen molar-refractivity contribution in [3.8, 4) is 23.2 Å². The number of hydrogen-bond donors (Lipinski definition) is 5. The van der Waals surface area contributed by atoms with E-state index in [1.807, 2.05) is 0 Å². The number of aromatic amines is 1. The number of tetrazole rings is 1. The molecule has 0 spiro atoms. The van der Waals surface area contributed by atoms with Crippen LogP contribution in [0.5, 0.6) is 5.75 Å². The van der Waals surface area contributed by atoms with E-state index in [1.54, 1.807) is 12.1 Å². The minimum absolute atomic E-state index is 0.0955. The summed E-state index contributed by atoms with van der Waals surface area (Å²) in [6, 6.07) is 6.16. The second-order valence-corrected chi connectivity index (χ2v) is 3.57. The zero-order valence-electron chi connectivity index (χ0n) is 9.99. The smallest absolute Gasteiger partial charge is 0.204 e. The van der Waals surface area contributed by atoms with E-state index in [4.69, 9.17) is 16.4 Å². The normalized spacial score (nSPS) is 10.8. The number of anilines is 1. The highest BCUT2D eigenvalue weighted by Crippen LogP contribution is 2.27. The van der Waals surface area contributed by atoms with E-state index < -0.39 is 5.84 Å². The maximum absolute atomic E-state index is 9.69. The minimum Gasteiger partial charge on any atom is -0.506 e. The van der Waals surface area contributed by atoms with Gasteiger partial charge in [-0.25, -0.2) is 0 Å². The van der Waals surface area contributed by atoms with Crippen molar-refractivity contribution in [3.63, 3.8) is 0 Å². The Labute approximate surface area is 112 Å². The molecule has 1 aromatic carbocycles. The Morgan fingerprint density at radius 1 is 1.55 bits per heavy atom. The summed E-state index contributed by atoms with van der Waals surface area (Å²) in [5, 5.41) is 42.5. The van der Waals surface area contributed by atoms with Gasteiger partial charge in [-0.3, -0.25) is 10.8 Å². The van der Waals surface area contributed by atoms with E-state index in [9.17, 15) is 5.11 Å². The van der Waals surface area contributed by atoms with Gasteiger partial charge in [-0.05, 0) is 23.4 Å². The molecule has 2 aromatic rings. The van der Waals surface area contributed by atoms with E-state index >= 15 is 0 Å². The number of H-pyrrole nitrogens is 1. The number of nitrogens with one attached hydrogen (secondary N) is 3. The molecule has 0 fully saturated rings. The molecule has 0 radical (unpaired) electrons. The monoisotopic (exact) mass is 271 g/mol. The van der Waals surface area contributed by atoms with Gasteiger partial charge in [0.05, 0.1) is 5.69 Å². The van der Waals surface area contributed by atoms with Gasteiger partial charge in [0.15, 0.2) is 5.84 Å². The second kappa shape index (κ2) is 5.44. The number of rotatable bonds is 4. The number of hydrazone groups is 1. The fourth-order valence-corrected chi connectivity index (χ4v) is 1.31. The SMILES string of the molecule is N#C/C(=N\Nc1cc(-c2nn[nH]n2)ccc1O)C(=N)N. The number of nitrogens with zero attached hydrogens (tertiary/aromatic N) is 5. The summed E-state index contributed by atoms with van der Waals surface area (Å²) in [6.45, 7) is 0. The molecule has 1 aromatic heterocycles. The van der Waals surface area contributed by atoms with Crippen molar-refractivity contribution < 1.29 is 5.11 Å². The summed E-state index contributed by atoms with van der Waals surface area (Å²) >= 11 is 0. The van der Waals surface area contributed by atoms with Gasteiger partial charge in [-0.15, -0.1) is 10.2 Å². The summed E-state index contributed by atoms with van der Waals surface area (Å²) < 4.78 is 0. The van der Waals surface area contributed by atoms with Crippen molar-refractivity contribution in [1.29, 1.82) is 10.7 Å². The van der Waals surface area contributed by atoms with E-state index in [0.29, 0.717) is 11.4 Å². The molecule has 0 aliphatic rings. The lowest BCUT2D eigenvalue weighted by Crippen LogP contribution is -2.21. The third-order valence-corrected chi connectivity index (χ3v) is 2.25. The van der Waals surface area contributed by atoms with Crippen LogP contribution in [0.1, 0.15) is 0 Å². The van der Waals surface area contributed by atoms with E-state index in [1.165, 1.54) is 12.1 Å². The van der Waals surface area contributed by atoms with Crippen molar-refractivity contribution in [2.45, 2.75) is 0 Å². The Kier molecular flexibility index (Phi) is 3.53. The first-order valence-corrected chi connectivity index (χ1v) is 5.27. The predicted molar refractivity (Wildman–Crippen MR) is 69.9 cm³/mol. The summed E-state index contributed by atoms with van der Waals surface area (Å²) in [6.07, 6.45) is 0. The molecule has 0 saturated carbocycles. The van der Waals surface area contributed by atoms with Crippen LogP contribution in [0.3, 0.4) is 0 Å². The van der Waals surface area contributed by atoms with Gasteiger partial charge in [0.1, 0.15) is 11.8 Å². The van der Waals surface area contributed by atoms with Crippen molar-refractivity contribution in [2.24, 2.45) is 10.8 Å². The zero-order valence-corrected chi connectivity index (χ0v) is 9.99. The Morgan fingerprint density at radius 2 is 2.35 bits per heavy atom. The van der Waals surface area contributed by atoms with Crippen LogP contribution in [0.15, 0.2) is 23.3 Å². The van der Waals surface area contributed by atoms with Gasteiger partial charge in [0.2, 0.25) is 11.5 Å². The number of nitrogens with two attached hydrogens (primary N) is 1. The molecule has 0 atom stereocenters. The fourth-order valence-electron chi connectivity index (χ4n) is 1.31. The summed E-state index contributed by atoms with van der Waals surface area (Å²) in [5.74, 6) is -0.236. The molecular formula is C10H9N9O. The number of aromatic nitrogens is 4. The molecule has 100 valence electrons. The quantitative estimate of drug-likeness (QED) is 0.221. The number of hydrogen-bond acceptors (Lipinski definition) is 8. The van der Waals surface area contributed by atoms with Gasteiger partial charge < -0.3 is 10.8 Å². The van der Waals surface area contributed by atoms with E-state index in [0.717, 1.165) is 0 Å². The lowest BCUT2D eigenvalue weighted by atomic mass is 10.2. The zero-order chi connectivity index (χ0) is 14.5. The van der Waals surface area contributed by atoms with E-state index in [2.05, 4.69) is 31.2 Å². The molecular weight excluding hydrogens is 262 g/mol. The molecule has 0 unspecified atom stereocenters. The van der Waals surface area contributed by atoms with Gasteiger partial charge >= 0.3 is 0 Å². The molecule has 0 aliphatic heterocycles. The largest absolute Gasteiger partial charge is 0.506 e. The van der Waals surface area contributed by atoms with Crippen molar-refractivity contribution in [1.82, 2.24) is 20.6 Å². The first kappa shape index (κ1) is 13.0. The highest BCUT2D eigenvalue weighted by Gasteiger charge is 2.08. The maximum Gasteiger partial charge on any atom is 0.204 e. The lowest BCUT2D eigenvalue weighted by molar-refractivity contribution is 0.477. The summed E-state index contributed by atoms with van der Waals surface area (Å²) in [4.78, 5) is 0. The molecule has 10 heteroatoms. The van der Waals surface area contributed by atoms with Gasteiger partial charge in [0.25, 0.3) is 0 Å². The molecule has 20 heavy (non-hydrogen) atoms. The minimum atomic E-state index is -0.478. The molecule has 0 aliphatic carbocycles. The third-order valence-electron chi connectivity index (χ3n) is 2.25. The van der Waals surface area contributed by atoms with E-state index in [-0.39, 0.29) is 17.1 Å². The number of nitriles is 1. The Hall–Kier alpha value is -3.48. The van der Waals surface area contributed by atoms with Gasteiger partial charge in [-0.1, -0.05) is 0 Å². The molecule has 0 amide bonds. The van der Waals surface area contributed by atoms with Crippen LogP contribution >= 0.6 is 0 Å². The van der Waals surface area contributed by atoms with Crippen LogP contribution in [0, 0.1) is 16.7 Å². The average Bonchev–Trinajstić information content (AvgIpc) is 2.95. The molecule has 0 bridgehead atoms. The van der Waals surface area contributed by atoms with Gasteiger partial charge in [-0.2, -0.15) is 15.6 Å². The standard InChI is InChI=1S/C10H9N9O/c11-4-7(9(12)13)15-14-6-3-5(1-2-8(6)20)10-16-18-19-17-10/h1-3,14,20H,(H3,12,13)(H,16,17,18,19)/b15-7+. The first-order valence-electron chi connectivity index (χ1n) is 5.27. The molecule has 1 heterocycles. The number of amidine groups is 1. The number of benzene rings is 1. The van der Waals surface area contributed by atoms with Crippen LogP contribution in [-0.2, 0) is 0 Å². The predicted octanol–water partition coefficient (Wildman–Crippen LogP) is -0.200. The third kappa shape index (κ3) is 2.67. The first-order chi connectivity index (χ1) is 9.61. The molecule has 2 rings (SSSR count). The van der Waals surface area contributed by atoms with Crippen LogP contribution < -0.4 is 11.2 Å². The topological polar surface area (TPSA) is 173 Å². The number of phenols is 1. The van der Waals surface area contributed by atoms with Gasteiger partial charge in [0, 0.05) is 5.56 Å². The van der Waals surface area contributed by atoms with Crippen molar-refractivity contribution in [2.75, 3.05) is 5.43 Å². The Balaban J connectivity index is 2.31. The summed E-state index contributed by atoms with van der Waals surface area (Å²) in [7, 11) is 0. The van der Waals surface area contributed by atoms with Crippen LogP contribution in [-0.4, -0.2) is 37.3 Å². The fraction of sp³-hybridized carbons (Fsp3) is 0. The Morgan fingerprint density at radius 3 is 2.95 bits per heavy atom. The average molecular weight is 271 g/mol. The van der Waals surface area contributed by atoms with Crippen LogP contribution in [0.25, 0.3) is 11.4 Å². The van der Waals surface area contributed by atoms with Crippen molar-refractivity contribution in [3.05, 3.63) is 18.2 Å². The maximum atomic E-state index is 9.69. The Bertz CT molecular complexity index is 698. The highest BCUT2D eigenvalue weighted by atomic mass is 16.3.